The van der Waals surface area contributed by atoms with Gasteiger partial charge in [-0.1, -0.05) is 13.8 Å². The Morgan fingerprint density at radius 1 is 0.957 bits per heavy atom. The molecule has 0 aliphatic carbocycles. The highest BCUT2D eigenvalue weighted by Crippen LogP contribution is 2.06. The molecule has 7 N–H and O–H groups in total. The minimum atomic E-state index is -1.37. The molecule has 0 aromatic carbocycles. The first kappa shape index (κ1) is 21.3. The van der Waals surface area contributed by atoms with Crippen LogP contribution in [0.5, 0.6) is 0 Å². The van der Waals surface area contributed by atoms with E-state index in [1.54, 1.807) is 13.8 Å². The monoisotopic (exact) mass is 333 g/mol. The molecule has 0 bridgehead atoms. The van der Waals surface area contributed by atoms with Gasteiger partial charge in [0.05, 0.1) is 12.2 Å². The van der Waals surface area contributed by atoms with E-state index in [1.807, 2.05) is 0 Å². The maximum atomic E-state index is 12.2. The zero-order chi connectivity index (χ0) is 18.3. The molecule has 0 aromatic heterocycles. The van der Waals surface area contributed by atoms with Crippen LogP contribution < -0.4 is 16.4 Å². The molecule has 0 aromatic rings. The number of rotatable bonds is 9. The Morgan fingerprint density at radius 3 is 1.83 bits per heavy atom. The summed E-state index contributed by atoms with van der Waals surface area (Å²) < 4.78 is 0. The lowest BCUT2D eigenvalue weighted by molar-refractivity contribution is -0.143. The van der Waals surface area contributed by atoms with Crippen LogP contribution in [0, 0.1) is 5.92 Å². The molecule has 0 aliphatic rings. The number of nitrogens with one attached hydrogen (secondary N) is 2. The standard InChI is InChI=1S/C14H27N3O6/c1-6(2)5-9(14(22)23)16-13(21)11(8(4)19)17-12(20)10(15)7(3)18/h6-11,18-19H,5,15H2,1-4H3,(H,16,21)(H,17,20)(H,22,23)/t7-,8-,9+,10+,11+/m1/s1. The molecule has 134 valence electrons. The fourth-order valence-electron chi connectivity index (χ4n) is 1.83. The number of aliphatic hydroxyl groups is 2. The van der Waals surface area contributed by atoms with E-state index in [2.05, 4.69) is 10.6 Å². The Kier molecular flexibility index (Phi) is 8.73. The van der Waals surface area contributed by atoms with Crippen molar-refractivity contribution < 1.29 is 29.7 Å². The molecular weight excluding hydrogens is 306 g/mol. The minimum absolute atomic E-state index is 0.0275. The number of aliphatic carboxylic acids is 1. The molecule has 0 unspecified atom stereocenters. The molecule has 5 atom stereocenters. The highest BCUT2D eigenvalue weighted by atomic mass is 16.4. The molecule has 2 amide bonds. The fraction of sp³-hybridized carbons (Fsp3) is 0.786. The van der Waals surface area contributed by atoms with E-state index in [4.69, 9.17) is 10.8 Å². The fourth-order valence-corrected chi connectivity index (χ4v) is 1.83. The zero-order valence-corrected chi connectivity index (χ0v) is 13.8. The highest BCUT2D eigenvalue weighted by molar-refractivity contribution is 5.92. The van der Waals surface area contributed by atoms with Crippen molar-refractivity contribution in [3.63, 3.8) is 0 Å². The first-order valence-corrected chi connectivity index (χ1v) is 7.42. The van der Waals surface area contributed by atoms with Crippen molar-refractivity contribution in [2.75, 3.05) is 0 Å². The molecule has 9 nitrogen and oxygen atoms in total. The van der Waals surface area contributed by atoms with Crippen molar-refractivity contribution in [1.82, 2.24) is 10.6 Å². The van der Waals surface area contributed by atoms with Crippen LogP contribution in [0.15, 0.2) is 0 Å². The van der Waals surface area contributed by atoms with E-state index < -0.39 is 48.1 Å². The topological polar surface area (TPSA) is 162 Å². The van der Waals surface area contributed by atoms with Gasteiger partial charge >= 0.3 is 5.97 Å². The van der Waals surface area contributed by atoms with Crippen LogP contribution in [-0.4, -0.2) is 63.4 Å². The Morgan fingerprint density at radius 2 is 1.48 bits per heavy atom. The van der Waals surface area contributed by atoms with Gasteiger partial charge in [0.2, 0.25) is 11.8 Å². The molecule has 0 radical (unpaired) electrons. The molecule has 0 saturated heterocycles. The number of nitrogens with two attached hydrogens (primary N) is 1. The second kappa shape index (κ2) is 9.43. The normalized spacial score (nSPS) is 17.7. The molecular formula is C14H27N3O6. The Balaban J connectivity index is 4.98. The first-order chi connectivity index (χ1) is 10.5. The summed E-state index contributed by atoms with van der Waals surface area (Å²) in [6.07, 6.45) is -2.21. The summed E-state index contributed by atoms with van der Waals surface area (Å²) in [5.74, 6) is -2.83. The van der Waals surface area contributed by atoms with Crippen LogP contribution in [0.3, 0.4) is 0 Å². The summed E-state index contributed by atoms with van der Waals surface area (Å²) in [6, 6.07) is -3.78. The Bertz CT molecular complexity index is 425. The van der Waals surface area contributed by atoms with Gasteiger partial charge in [-0.05, 0) is 26.2 Å². The molecule has 0 heterocycles. The molecule has 0 rings (SSSR count). The lowest BCUT2D eigenvalue weighted by atomic mass is 10.0. The number of carboxylic acids is 1. The molecule has 9 heteroatoms. The predicted octanol–water partition coefficient (Wildman–Crippen LogP) is -1.82. The third-order valence-electron chi connectivity index (χ3n) is 3.21. The van der Waals surface area contributed by atoms with Crippen LogP contribution in [-0.2, 0) is 14.4 Å². The van der Waals surface area contributed by atoms with Crippen LogP contribution in [0.25, 0.3) is 0 Å². The zero-order valence-electron chi connectivity index (χ0n) is 13.8. The number of hydrogen-bond acceptors (Lipinski definition) is 6. The van der Waals surface area contributed by atoms with Gasteiger partial charge in [0.25, 0.3) is 0 Å². The number of amides is 2. The summed E-state index contributed by atoms with van der Waals surface area (Å²) in [4.78, 5) is 35.1. The van der Waals surface area contributed by atoms with Gasteiger partial charge in [0.15, 0.2) is 0 Å². The van der Waals surface area contributed by atoms with E-state index in [1.165, 1.54) is 13.8 Å². The Labute approximate surface area is 135 Å². The van der Waals surface area contributed by atoms with Crippen LogP contribution in [0.1, 0.15) is 34.1 Å². The summed E-state index contributed by atoms with van der Waals surface area (Å²) in [6.45, 7) is 6.19. The van der Waals surface area contributed by atoms with E-state index in [-0.39, 0.29) is 12.3 Å². The number of carbonyl (C=O) groups excluding carboxylic acids is 2. The lowest BCUT2D eigenvalue weighted by Crippen LogP contribution is -2.59. The third-order valence-corrected chi connectivity index (χ3v) is 3.21. The predicted molar refractivity (Wildman–Crippen MR) is 82.3 cm³/mol. The first-order valence-electron chi connectivity index (χ1n) is 7.42. The highest BCUT2D eigenvalue weighted by Gasteiger charge is 2.31. The van der Waals surface area contributed by atoms with Crippen molar-refractivity contribution >= 4 is 17.8 Å². The molecule has 0 aliphatic heterocycles. The summed E-state index contributed by atoms with van der Waals surface area (Å²) >= 11 is 0. The van der Waals surface area contributed by atoms with Crippen molar-refractivity contribution in [2.24, 2.45) is 11.7 Å². The van der Waals surface area contributed by atoms with Crippen LogP contribution in [0.4, 0.5) is 0 Å². The van der Waals surface area contributed by atoms with Gasteiger partial charge in [0.1, 0.15) is 18.1 Å². The number of aliphatic hydroxyl groups excluding tert-OH is 2. The van der Waals surface area contributed by atoms with Crippen molar-refractivity contribution in [2.45, 2.75) is 64.4 Å². The summed E-state index contributed by atoms with van der Waals surface area (Å²) in [5, 5.41) is 32.5. The third kappa shape index (κ3) is 7.40. The molecule has 0 spiro atoms. The average molecular weight is 333 g/mol. The maximum Gasteiger partial charge on any atom is 0.326 e. The van der Waals surface area contributed by atoms with Crippen molar-refractivity contribution in [1.29, 1.82) is 0 Å². The average Bonchev–Trinajstić information content (AvgIpc) is 2.41. The van der Waals surface area contributed by atoms with Gasteiger partial charge in [-0.2, -0.15) is 0 Å². The molecule has 0 fully saturated rings. The number of carboxylic acid groups (broad SMARTS) is 1. The second-order valence-electron chi connectivity index (χ2n) is 6.02. The van der Waals surface area contributed by atoms with Gasteiger partial charge in [0, 0.05) is 0 Å². The van der Waals surface area contributed by atoms with E-state index in [0.29, 0.717) is 0 Å². The van der Waals surface area contributed by atoms with Crippen molar-refractivity contribution in [3.8, 4) is 0 Å². The van der Waals surface area contributed by atoms with Crippen LogP contribution >= 0.6 is 0 Å². The van der Waals surface area contributed by atoms with Crippen LogP contribution in [0.2, 0.25) is 0 Å². The number of hydrogen-bond donors (Lipinski definition) is 6. The quantitative estimate of drug-likeness (QED) is 0.289. The summed E-state index contributed by atoms with van der Waals surface area (Å²) in [7, 11) is 0. The largest absolute Gasteiger partial charge is 0.480 e. The van der Waals surface area contributed by atoms with Gasteiger partial charge in [-0.15, -0.1) is 0 Å². The number of carbonyl (C=O) groups is 3. The van der Waals surface area contributed by atoms with E-state index in [9.17, 15) is 24.6 Å². The maximum absolute atomic E-state index is 12.2. The lowest BCUT2D eigenvalue weighted by Gasteiger charge is -2.25. The SMILES string of the molecule is CC(C)C[C@H](NC(=O)[C@@H](NC(=O)[C@@H](N)[C@@H](C)O)[C@@H](C)O)C(=O)O. The molecule has 23 heavy (non-hydrogen) atoms. The second-order valence-corrected chi connectivity index (χ2v) is 6.02. The van der Waals surface area contributed by atoms with Gasteiger partial charge in [-0.25, -0.2) is 4.79 Å². The van der Waals surface area contributed by atoms with E-state index in [0.717, 1.165) is 0 Å². The smallest absolute Gasteiger partial charge is 0.326 e. The van der Waals surface area contributed by atoms with Gasteiger partial charge in [-0.3, -0.25) is 9.59 Å². The van der Waals surface area contributed by atoms with Gasteiger partial charge < -0.3 is 31.7 Å². The minimum Gasteiger partial charge on any atom is -0.480 e. The summed E-state index contributed by atoms with van der Waals surface area (Å²) in [5.41, 5.74) is 5.45. The van der Waals surface area contributed by atoms with E-state index >= 15 is 0 Å². The van der Waals surface area contributed by atoms with Crippen molar-refractivity contribution in [3.05, 3.63) is 0 Å². The molecule has 0 saturated carbocycles. The Hall–Kier alpha value is -1.71.